The van der Waals surface area contributed by atoms with Crippen molar-refractivity contribution in [3.63, 3.8) is 0 Å². The predicted octanol–water partition coefficient (Wildman–Crippen LogP) is 2.76. The van der Waals surface area contributed by atoms with Crippen LogP contribution in [0.3, 0.4) is 0 Å². The van der Waals surface area contributed by atoms with Gasteiger partial charge in [0.15, 0.2) is 11.5 Å². The SMILES string of the molecule is COc1ccc(/C=C2\Oc3ccccc3N(CC(=O)NCC3CCCO3)C2=O)cc1. The Labute approximate surface area is 175 Å². The molecule has 1 atom stereocenters. The number of benzene rings is 2. The van der Waals surface area contributed by atoms with Crippen molar-refractivity contribution in [2.75, 3.05) is 31.7 Å². The van der Waals surface area contributed by atoms with E-state index in [4.69, 9.17) is 14.2 Å². The average molecular weight is 408 g/mol. The van der Waals surface area contributed by atoms with Crippen LogP contribution in [-0.4, -0.2) is 44.7 Å². The first-order valence-corrected chi connectivity index (χ1v) is 9.97. The number of hydrogen-bond donors (Lipinski definition) is 1. The summed E-state index contributed by atoms with van der Waals surface area (Å²) >= 11 is 0. The molecule has 7 nitrogen and oxygen atoms in total. The van der Waals surface area contributed by atoms with E-state index in [0.29, 0.717) is 18.0 Å². The molecule has 2 aromatic rings. The highest BCUT2D eigenvalue weighted by molar-refractivity contribution is 6.12. The Morgan fingerprint density at radius 2 is 2.03 bits per heavy atom. The van der Waals surface area contributed by atoms with Crippen LogP contribution < -0.4 is 19.7 Å². The van der Waals surface area contributed by atoms with Gasteiger partial charge in [-0.1, -0.05) is 24.3 Å². The zero-order valence-corrected chi connectivity index (χ0v) is 16.8. The lowest BCUT2D eigenvalue weighted by atomic mass is 10.1. The third kappa shape index (κ3) is 4.46. The Morgan fingerprint density at radius 3 is 2.77 bits per heavy atom. The molecule has 2 aliphatic rings. The van der Waals surface area contributed by atoms with Crippen LogP contribution in [0.4, 0.5) is 5.69 Å². The van der Waals surface area contributed by atoms with E-state index in [-0.39, 0.29) is 30.2 Å². The zero-order chi connectivity index (χ0) is 20.9. The van der Waals surface area contributed by atoms with Crippen molar-refractivity contribution in [2.45, 2.75) is 18.9 Å². The molecule has 0 aromatic heterocycles. The van der Waals surface area contributed by atoms with Gasteiger partial charge in [0.2, 0.25) is 5.91 Å². The molecule has 7 heteroatoms. The maximum absolute atomic E-state index is 13.1. The quantitative estimate of drug-likeness (QED) is 0.744. The fourth-order valence-electron chi connectivity index (χ4n) is 3.50. The number of carbonyl (C=O) groups excluding carboxylic acids is 2. The fraction of sp³-hybridized carbons (Fsp3) is 0.304. The summed E-state index contributed by atoms with van der Waals surface area (Å²) < 4.78 is 16.5. The second-order valence-electron chi connectivity index (χ2n) is 7.18. The normalized spacial score (nSPS) is 19.4. The van der Waals surface area contributed by atoms with Crippen molar-refractivity contribution < 1.29 is 23.8 Å². The number of methoxy groups -OCH3 is 1. The van der Waals surface area contributed by atoms with Crippen LogP contribution >= 0.6 is 0 Å². The lowest BCUT2D eigenvalue weighted by molar-refractivity contribution is -0.123. The summed E-state index contributed by atoms with van der Waals surface area (Å²) in [4.78, 5) is 27.1. The molecule has 2 aromatic carbocycles. The first-order chi connectivity index (χ1) is 14.6. The van der Waals surface area contributed by atoms with Gasteiger partial charge in [-0.2, -0.15) is 0 Å². The highest BCUT2D eigenvalue weighted by Crippen LogP contribution is 2.35. The minimum atomic E-state index is -0.364. The summed E-state index contributed by atoms with van der Waals surface area (Å²) in [5, 5.41) is 2.87. The second kappa shape index (κ2) is 9.00. The van der Waals surface area contributed by atoms with Gasteiger partial charge in [0.25, 0.3) is 5.91 Å². The first kappa shape index (κ1) is 20.0. The molecule has 4 rings (SSSR count). The molecule has 0 bridgehead atoms. The van der Waals surface area contributed by atoms with E-state index in [2.05, 4.69) is 5.32 Å². The number of nitrogens with zero attached hydrogens (tertiary/aromatic N) is 1. The van der Waals surface area contributed by atoms with Crippen molar-refractivity contribution >= 4 is 23.6 Å². The maximum Gasteiger partial charge on any atom is 0.294 e. The summed E-state index contributed by atoms with van der Waals surface area (Å²) in [5.74, 6) is 0.814. The molecule has 1 unspecified atom stereocenters. The van der Waals surface area contributed by atoms with Crippen LogP contribution in [-0.2, 0) is 14.3 Å². The molecule has 0 aliphatic carbocycles. The molecule has 2 amide bonds. The monoisotopic (exact) mass is 408 g/mol. The van der Waals surface area contributed by atoms with Crippen LogP contribution in [0.15, 0.2) is 54.3 Å². The number of para-hydroxylation sites is 2. The number of anilines is 1. The Balaban J connectivity index is 1.53. The number of carbonyl (C=O) groups is 2. The number of rotatable bonds is 6. The number of hydrogen-bond acceptors (Lipinski definition) is 5. The van der Waals surface area contributed by atoms with Gasteiger partial charge in [-0.15, -0.1) is 0 Å². The minimum absolute atomic E-state index is 0.0483. The third-order valence-electron chi connectivity index (χ3n) is 5.10. The van der Waals surface area contributed by atoms with E-state index in [1.807, 2.05) is 36.4 Å². The van der Waals surface area contributed by atoms with Crippen molar-refractivity contribution in [3.05, 3.63) is 59.9 Å². The number of amides is 2. The summed E-state index contributed by atoms with van der Waals surface area (Å²) in [7, 11) is 1.60. The van der Waals surface area contributed by atoms with Crippen molar-refractivity contribution in [2.24, 2.45) is 0 Å². The van der Waals surface area contributed by atoms with Gasteiger partial charge in [0.05, 0.1) is 18.9 Å². The molecule has 1 fully saturated rings. The average Bonchev–Trinajstić information content (AvgIpc) is 3.29. The molecule has 156 valence electrons. The van der Waals surface area contributed by atoms with Gasteiger partial charge in [-0.25, -0.2) is 0 Å². The van der Waals surface area contributed by atoms with E-state index in [9.17, 15) is 9.59 Å². The molecule has 0 radical (unpaired) electrons. The van der Waals surface area contributed by atoms with Crippen LogP contribution in [0.5, 0.6) is 11.5 Å². The van der Waals surface area contributed by atoms with Gasteiger partial charge in [0, 0.05) is 13.2 Å². The molecular formula is C23H24N2O5. The van der Waals surface area contributed by atoms with Crippen LogP contribution in [0, 0.1) is 0 Å². The Morgan fingerprint density at radius 1 is 1.23 bits per heavy atom. The molecule has 1 N–H and O–H groups in total. The first-order valence-electron chi connectivity index (χ1n) is 9.97. The highest BCUT2D eigenvalue weighted by atomic mass is 16.5. The molecule has 2 heterocycles. The van der Waals surface area contributed by atoms with Gasteiger partial charge in [0.1, 0.15) is 12.3 Å². The van der Waals surface area contributed by atoms with E-state index < -0.39 is 0 Å². The van der Waals surface area contributed by atoms with Crippen molar-refractivity contribution in [3.8, 4) is 11.5 Å². The number of fused-ring (bicyclic) bond motifs is 1. The van der Waals surface area contributed by atoms with Crippen molar-refractivity contribution in [1.82, 2.24) is 5.32 Å². The Kier molecular flexibility index (Phi) is 5.99. The zero-order valence-electron chi connectivity index (χ0n) is 16.8. The van der Waals surface area contributed by atoms with Gasteiger partial charge in [-0.05, 0) is 48.7 Å². The highest BCUT2D eigenvalue weighted by Gasteiger charge is 2.31. The standard InChI is InChI=1S/C23H24N2O5/c1-28-17-10-8-16(9-11-17)13-21-23(27)25(19-6-2-3-7-20(19)30-21)15-22(26)24-14-18-5-4-12-29-18/h2-3,6-11,13,18H,4-5,12,14-15H2,1H3,(H,24,26)/b21-13-. The topological polar surface area (TPSA) is 77.1 Å². The Bertz CT molecular complexity index is 948. The van der Waals surface area contributed by atoms with Gasteiger partial charge < -0.3 is 19.5 Å². The molecule has 0 spiro atoms. The van der Waals surface area contributed by atoms with E-state index in [0.717, 1.165) is 30.8 Å². The lowest BCUT2D eigenvalue weighted by Crippen LogP contribution is -2.45. The lowest BCUT2D eigenvalue weighted by Gasteiger charge is -2.30. The fourth-order valence-corrected chi connectivity index (χ4v) is 3.50. The van der Waals surface area contributed by atoms with E-state index >= 15 is 0 Å². The van der Waals surface area contributed by atoms with Crippen LogP contribution in [0.1, 0.15) is 18.4 Å². The molecule has 30 heavy (non-hydrogen) atoms. The van der Waals surface area contributed by atoms with Gasteiger partial charge in [-0.3, -0.25) is 14.5 Å². The summed E-state index contributed by atoms with van der Waals surface area (Å²) in [5.41, 5.74) is 1.36. The predicted molar refractivity (Wildman–Crippen MR) is 112 cm³/mol. The van der Waals surface area contributed by atoms with E-state index in [1.54, 1.807) is 25.3 Å². The molecule has 1 saturated heterocycles. The van der Waals surface area contributed by atoms with Gasteiger partial charge >= 0.3 is 0 Å². The summed E-state index contributed by atoms with van der Waals surface area (Å²) in [6, 6.07) is 14.5. The van der Waals surface area contributed by atoms with E-state index in [1.165, 1.54) is 4.90 Å². The maximum atomic E-state index is 13.1. The van der Waals surface area contributed by atoms with Crippen LogP contribution in [0.25, 0.3) is 6.08 Å². The number of nitrogens with one attached hydrogen (secondary N) is 1. The Hall–Kier alpha value is -3.32. The molecule has 0 saturated carbocycles. The summed E-state index contributed by atoms with van der Waals surface area (Å²) in [6.07, 6.45) is 3.66. The summed E-state index contributed by atoms with van der Waals surface area (Å²) in [6.45, 7) is 1.09. The molecular weight excluding hydrogens is 384 g/mol. The number of ether oxygens (including phenoxy) is 3. The second-order valence-corrected chi connectivity index (χ2v) is 7.18. The minimum Gasteiger partial charge on any atom is -0.497 e. The smallest absolute Gasteiger partial charge is 0.294 e. The third-order valence-corrected chi connectivity index (χ3v) is 5.10. The largest absolute Gasteiger partial charge is 0.497 e. The molecule has 2 aliphatic heterocycles. The van der Waals surface area contributed by atoms with Crippen molar-refractivity contribution in [1.29, 1.82) is 0 Å². The van der Waals surface area contributed by atoms with Crippen LogP contribution in [0.2, 0.25) is 0 Å².